The van der Waals surface area contributed by atoms with Gasteiger partial charge in [-0.15, -0.1) is 11.3 Å². The summed E-state index contributed by atoms with van der Waals surface area (Å²) in [6.07, 6.45) is -0.546. The van der Waals surface area contributed by atoms with E-state index in [0.717, 1.165) is 24.3 Å². The van der Waals surface area contributed by atoms with E-state index in [2.05, 4.69) is 29.3 Å². The van der Waals surface area contributed by atoms with Crippen LogP contribution in [0.3, 0.4) is 0 Å². The van der Waals surface area contributed by atoms with Crippen LogP contribution < -0.4 is 4.90 Å². The van der Waals surface area contributed by atoms with Gasteiger partial charge < -0.3 is 10.0 Å². The molecule has 0 amide bonds. The summed E-state index contributed by atoms with van der Waals surface area (Å²) in [5.41, 5.74) is 2.42. The highest BCUT2D eigenvalue weighted by atomic mass is 32.1. The molecule has 0 bridgehead atoms. The van der Waals surface area contributed by atoms with E-state index in [1.807, 2.05) is 18.2 Å². The lowest BCUT2D eigenvalue weighted by molar-refractivity contribution is 0.199. The smallest absolute Gasteiger partial charge is 0.0992 e. The maximum atomic E-state index is 9.93. The van der Waals surface area contributed by atoms with E-state index >= 15 is 0 Å². The minimum Gasteiger partial charge on any atom is -0.389 e. The lowest BCUT2D eigenvalue weighted by Crippen LogP contribution is -2.23. The number of thiophene rings is 1. The Hall–Kier alpha value is -1.83. The van der Waals surface area contributed by atoms with E-state index in [4.69, 9.17) is 5.26 Å². The van der Waals surface area contributed by atoms with Crippen molar-refractivity contribution in [2.45, 2.75) is 26.5 Å². The number of hydrogen-bond donors (Lipinski definition) is 1. The van der Waals surface area contributed by atoms with Gasteiger partial charge in [0.2, 0.25) is 0 Å². The van der Waals surface area contributed by atoms with Gasteiger partial charge in [-0.3, -0.25) is 0 Å². The number of nitrogens with zero attached hydrogens (tertiary/aromatic N) is 2. The van der Waals surface area contributed by atoms with E-state index < -0.39 is 6.10 Å². The molecule has 0 aliphatic carbocycles. The van der Waals surface area contributed by atoms with Gasteiger partial charge in [-0.25, -0.2) is 0 Å². The van der Waals surface area contributed by atoms with Crippen molar-refractivity contribution in [3.63, 3.8) is 0 Å². The van der Waals surface area contributed by atoms with Crippen LogP contribution in [0.1, 0.15) is 36.0 Å². The van der Waals surface area contributed by atoms with Crippen LogP contribution in [0.5, 0.6) is 0 Å². The topological polar surface area (TPSA) is 47.3 Å². The normalized spacial score (nSPS) is 11.9. The Labute approximate surface area is 123 Å². The van der Waals surface area contributed by atoms with Gasteiger partial charge in [-0.2, -0.15) is 5.26 Å². The van der Waals surface area contributed by atoms with E-state index in [-0.39, 0.29) is 0 Å². The first-order valence-corrected chi connectivity index (χ1v) is 7.53. The van der Waals surface area contributed by atoms with Crippen molar-refractivity contribution in [3.05, 3.63) is 51.7 Å². The van der Waals surface area contributed by atoms with E-state index in [1.54, 1.807) is 24.3 Å². The summed E-state index contributed by atoms with van der Waals surface area (Å²) < 4.78 is 0. The van der Waals surface area contributed by atoms with Crippen LogP contribution >= 0.6 is 11.3 Å². The van der Waals surface area contributed by atoms with Gasteiger partial charge >= 0.3 is 0 Å². The molecule has 0 fully saturated rings. The third-order valence-corrected chi connectivity index (χ3v) is 4.12. The third kappa shape index (κ3) is 3.19. The fourth-order valence-electron chi connectivity index (χ4n) is 2.20. The highest BCUT2D eigenvalue weighted by molar-refractivity contribution is 7.09. The Bertz CT molecular complexity index is 599. The Morgan fingerprint density at radius 2 is 2.20 bits per heavy atom. The van der Waals surface area contributed by atoms with Gasteiger partial charge in [0.25, 0.3) is 0 Å². The van der Waals surface area contributed by atoms with Gasteiger partial charge in [0.05, 0.1) is 24.3 Å². The molecule has 1 aromatic carbocycles. The summed E-state index contributed by atoms with van der Waals surface area (Å²) in [5, 5.41) is 21.1. The molecule has 1 unspecified atom stereocenters. The monoisotopic (exact) mass is 286 g/mol. The lowest BCUT2D eigenvalue weighted by atomic mass is 10.0. The predicted molar refractivity (Wildman–Crippen MR) is 82.8 cm³/mol. The molecule has 20 heavy (non-hydrogen) atoms. The van der Waals surface area contributed by atoms with Crippen molar-refractivity contribution >= 4 is 17.0 Å². The Morgan fingerprint density at radius 1 is 1.40 bits per heavy atom. The number of benzene rings is 1. The molecule has 1 aromatic heterocycles. The molecule has 4 heteroatoms. The average molecular weight is 286 g/mol. The number of aliphatic hydroxyl groups is 1. The van der Waals surface area contributed by atoms with Crippen molar-refractivity contribution in [2.75, 3.05) is 11.4 Å². The molecule has 0 saturated carbocycles. The minimum absolute atomic E-state index is 0.546. The largest absolute Gasteiger partial charge is 0.389 e. The van der Waals surface area contributed by atoms with Gasteiger partial charge in [-0.05, 0) is 37.4 Å². The van der Waals surface area contributed by atoms with Crippen molar-refractivity contribution in [3.8, 4) is 6.07 Å². The summed E-state index contributed by atoms with van der Waals surface area (Å²) in [4.78, 5) is 3.46. The van der Waals surface area contributed by atoms with Crippen molar-refractivity contribution < 1.29 is 5.11 Å². The van der Waals surface area contributed by atoms with Crippen molar-refractivity contribution in [2.24, 2.45) is 0 Å². The molecule has 3 nitrogen and oxygen atoms in total. The fourth-order valence-corrected chi connectivity index (χ4v) is 2.92. The second kappa shape index (κ2) is 6.56. The quantitative estimate of drug-likeness (QED) is 0.911. The standard InChI is InChI=1S/C16H18N2OS/c1-3-18(11-14-5-4-8-20-14)16-9-13(10-17)6-7-15(16)12(2)19/h4-9,12,19H,3,11H2,1-2H3. The zero-order chi connectivity index (χ0) is 14.5. The van der Waals surface area contributed by atoms with Crippen LogP contribution in [0.4, 0.5) is 5.69 Å². The Balaban J connectivity index is 2.39. The Kier molecular flexibility index (Phi) is 4.78. The molecule has 1 heterocycles. The molecular weight excluding hydrogens is 268 g/mol. The first-order valence-electron chi connectivity index (χ1n) is 6.65. The second-order valence-electron chi connectivity index (χ2n) is 4.65. The molecule has 2 rings (SSSR count). The summed E-state index contributed by atoms with van der Waals surface area (Å²) in [5.74, 6) is 0. The molecule has 0 radical (unpaired) electrons. The van der Waals surface area contributed by atoms with Crippen LogP contribution in [0.25, 0.3) is 0 Å². The van der Waals surface area contributed by atoms with Crippen LogP contribution in [0.15, 0.2) is 35.7 Å². The van der Waals surface area contributed by atoms with Crippen molar-refractivity contribution in [1.29, 1.82) is 5.26 Å². The highest BCUT2D eigenvalue weighted by Crippen LogP contribution is 2.29. The first kappa shape index (κ1) is 14.6. The molecule has 2 aromatic rings. The second-order valence-corrected chi connectivity index (χ2v) is 5.69. The van der Waals surface area contributed by atoms with Crippen LogP contribution in [-0.4, -0.2) is 11.7 Å². The Morgan fingerprint density at radius 3 is 2.75 bits per heavy atom. The maximum absolute atomic E-state index is 9.93. The molecular formula is C16H18N2OS. The van der Waals surface area contributed by atoms with Gasteiger partial charge in [0, 0.05) is 22.7 Å². The molecule has 1 N–H and O–H groups in total. The maximum Gasteiger partial charge on any atom is 0.0992 e. The zero-order valence-electron chi connectivity index (χ0n) is 11.7. The fraction of sp³-hybridized carbons (Fsp3) is 0.312. The third-order valence-electron chi connectivity index (χ3n) is 3.26. The van der Waals surface area contributed by atoms with Gasteiger partial charge in [0.1, 0.15) is 0 Å². The van der Waals surface area contributed by atoms with Crippen LogP contribution in [0.2, 0.25) is 0 Å². The summed E-state index contributed by atoms with van der Waals surface area (Å²) in [6, 6.07) is 11.8. The summed E-state index contributed by atoms with van der Waals surface area (Å²) in [6.45, 7) is 5.46. The van der Waals surface area contributed by atoms with E-state index in [1.165, 1.54) is 4.88 Å². The number of rotatable bonds is 5. The lowest BCUT2D eigenvalue weighted by Gasteiger charge is -2.26. The summed E-state index contributed by atoms with van der Waals surface area (Å²) in [7, 11) is 0. The highest BCUT2D eigenvalue weighted by Gasteiger charge is 2.15. The van der Waals surface area contributed by atoms with Gasteiger partial charge in [-0.1, -0.05) is 12.1 Å². The number of hydrogen-bond acceptors (Lipinski definition) is 4. The van der Waals surface area contributed by atoms with Crippen molar-refractivity contribution in [1.82, 2.24) is 0 Å². The summed E-state index contributed by atoms with van der Waals surface area (Å²) >= 11 is 1.72. The molecule has 0 aliphatic heterocycles. The number of nitriles is 1. The first-order chi connectivity index (χ1) is 9.65. The average Bonchev–Trinajstić information content (AvgIpc) is 2.97. The zero-order valence-corrected chi connectivity index (χ0v) is 12.5. The minimum atomic E-state index is -0.546. The molecule has 0 saturated heterocycles. The molecule has 104 valence electrons. The van der Waals surface area contributed by atoms with Crippen LogP contribution in [0, 0.1) is 11.3 Å². The molecule has 0 aliphatic rings. The van der Waals surface area contributed by atoms with E-state index in [9.17, 15) is 5.11 Å². The van der Waals surface area contributed by atoms with E-state index in [0.29, 0.717) is 5.56 Å². The SMILES string of the molecule is CCN(Cc1cccs1)c1cc(C#N)ccc1C(C)O. The van der Waals surface area contributed by atoms with Crippen LogP contribution in [-0.2, 0) is 6.54 Å². The molecule has 1 atom stereocenters. The number of aliphatic hydroxyl groups excluding tert-OH is 1. The number of anilines is 1. The van der Waals surface area contributed by atoms with Gasteiger partial charge in [0.15, 0.2) is 0 Å². The molecule has 0 spiro atoms. The predicted octanol–water partition coefficient (Wildman–Crippen LogP) is 3.70.